The molecule has 1 atom stereocenters. The molecule has 0 saturated carbocycles. The Morgan fingerprint density at radius 2 is 1.39 bits per heavy atom. The van der Waals surface area contributed by atoms with Crippen LogP contribution in [0.3, 0.4) is 0 Å². The molecule has 0 saturated heterocycles. The number of hydrogen-bond acceptors (Lipinski definition) is 0. The van der Waals surface area contributed by atoms with Crippen molar-refractivity contribution in [3.05, 3.63) is 68.2 Å². The normalized spacial score (nSPS) is 12.5. The van der Waals surface area contributed by atoms with E-state index in [1.54, 1.807) is 12.1 Å². The van der Waals surface area contributed by atoms with Crippen molar-refractivity contribution in [3.63, 3.8) is 0 Å². The maximum absolute atomic E-state index is 6.48. The summed E-state index contributed by atoms with van der Waals surface area (Å²) < 4.78 is 0. The molecule has 94 valence electrons. The Kier molecular flexibility index (Phi) is 4.45. The lowest BCUT2D eigenvalue weighted by Gasteiger charge is -2.15. The van der Waals surface area contributed by atoms with Crippen LogP contribution in [0.1, 0.15) is 22.1 Å². The Morgan fingerprint density at radius 1 is 0.833 bits per heavy atom. The molecule has 0 aromatic heterocycles. The first-order chi connectivity index (χ1) is 8.49. The Labute approximate surface area is 126 Å². The number of benzene rings is 2. The summed E-state index contributed by atoms with van der Waals surface area (Å²) in [4.78, 5) is 0. The molecule has 0 nitrogen and oxygen atoms in total. The largest absolute Gasteiger partial charge is 0.113 e. The third-order valence-electron chi connectivity index (χ3n) is 2.74. The van der Waals surface area contributed by atoms with Crippen molar-refractivity contribution in [1.29, 1.82) is 0 Å². The molecule has 0 heterocycles. The average Bonchev–Trinajstić information content (AvgIpc) is 2.28. The molecule has 0 N–H and O–H groups in total. The van der Waals surface area contributed by atoms with Crippen LogP contribution in [-0.2, 0) is 0 Å². The van der Waals surface area contributed by atoms with Gasteiger partial charge in [0, 0.05) is 15.1 Å². The van der Waals surface area contributed by atoms with E-state index in [4.69, 9.17) is 46.4 Å². The van der Waals surface area contributed by atoms with Gasteiger partial charge in [0.1, 0.15) is 0 Å². The van der Waals surface area contributed by atoms with Crippen LogP contribution in [0.15, 0.2) is 36.4 Å². The van der Waals surface area contributed by atoms with Crippen LogP contribution in [0.2, 0.25) is 15.1 Å². The quantitative estimate of drug-likeness (QED) is 0.571. The number of aryl methyl sites for hydroxylation is 1. The van der Waals surface area contributed by atoms with E-state index in [1.807, 2.05) is 31.2 Å². The fourth-order valence-electron chi connectivity index (χ4n) is 1.80. The van der Waals surface area contributed by atoms with E-state index in [0.717, 1.165) is 16.7 Å². The fourth-order valence-corrected chi connectivity index (χ4v) is 3.03. The smallest absolute Gasteiger partial charge is 0.0852 e. The van der Waals surface area contributed by atoms with Gasteiger partial charge in [-0.05, 0) is 47.9 Å². The Hall–Kier alpha value is -0.400. The van der Waals surface area contributed by atoms with Crippen LogP contribution < -0.4 is 0 Å². The monoisotopic (exact) mass is 318 g/mol. The van der Waals surface area contributed by atoms with E-state index in [-0.39, 0.29) is 5.38 Å². The van der Waals surface area contributed by atoms with Crippen molar-refractivity contribution in [1.82, 2.24) is 0 Å². The SMILES string of the molecule is Cc1cc(Cl)ccc1C(Cl)c1ccc(Cl)cc1Cl. The van der Waals surface area contributed by atoms with Crippen LogP contribution in [0.25, 0.3) is 0 Å². The lowest BCUT2D eigenvalue weighted by molar-refractivity contribution is 1.11. The summed E-state index contributed by atoms with van der Waals surface area (Å²) in [5, 5.41) is 1.55. The molecule has 0 aliphatic rings. The third-order valence-corrected chi connectivity index (χ3v) is 4.01. The summed E-state index contributed by atoms with van der Waals surface area (Å²) in [6.45, 7) is 1.97. The highest BCUT2D eigenvalue weighted by atomic mass is 35.5. The van der Waals surface area contributed by atoms with Crippen LogP contribution >= 0.6 is 46.4 Å². The molecule has 0 amide bonds. The number of alkyl halides is 1. The van der Waals surface area contributed by atoms with Crippen molar-refractivity contribution in [2.24, 2.45) is 0 Å². The zero-order valence-electron chi connectivity index (χ0n) is 9.55. The minimum absolute atomic E-state index is 0.313. The first kappa shape index (κ1) is 14.0. The molecule has 0 spiro atoms. The predicted octanol–water partition coefficient (Wildman–Crippen LogP) is 6.28. The lowest BCUT2D eigenvalue weighted by Crippen LogP contribution is -1.97. The highest BCUT2D eigenvalue weighted by Crippen LogP contribution is 2.36. The Morgan fingerprint density at radius 3 is 1.94 bits per heavy atom. The molecule has 0 aliphatic carbocycles. The van der Waals surface area contributed by atoms with Crippen LogP contribution in [0, 0.1) is 6.92 Å². The second kappa shape index (κ2) is 5.71. The van der Waals surface area contributed by atoms with Gasteiger partial charge in [-0.15, -0.1) is 11.6 Å². The minimum atomic E-state index is -0.313. The second-order valence-electron chi connectivity index (χ2n) is 4.03. The molecule has 2 aromatic rings. The van der Waals surface area contributed by atoms with Gasteiger partial charge >= 0.3 is 0 Å². The highest BCUT2D eigenvalue weighted by Gasteiger charge is 2.16. The van der Waals surface area contributed by atoms with E-state index in [2.05, 4.69) is 0 Å². The molecule has 0 fully saturated rings. The van der Waals surface area contributed by atoms with E-state index in [9.17, 15) is 0 Å². The van der Waals surface area contributed by atoms with Gasteiger partial charge < -0.3 is 0 Å². The molecule has 0 radical (unpaired) electrons. The molecule has 4 heteroatoms. The number of rotatable bonds is 2. The Balaban J connectivity index is 2.44. The van der Waals surface area contributed by atoms with Gasteiger partial charge in [-0.2, -0.15) is 0 Å². The number of halogens is 4. The second-order valence-corrected chi connectivity index (χ2v) is 5.75. The minimum Gasteiger partial charge on any atom is -0.113 e. The molecule has 2 rings (SSSR count). The summed E-state index contributed by atoms with van der Waals surface area (Å²) in [5.74, 6) is 0. The summed E-state index contributed by atoms with van der Waals surface area (Å²) >= 11 is 24.4. The van der Waals surface area contributed by atoms with Gasteiger partial charge in [-0.1, -0.05) is 46.9 Å². The molecular formula is C14H10Cl4. The molecule has 0 bridgehead atoms. The van der Waals surface area contributed by atoms with Gasteiger partial charge in [0.25, 0.3) is 0 Å². The molecule has 1 unspecified atom stereocenters. The number of hydrogen-bond donors (Lipinski definition) is 0. The zero-order valence-corrected chi connectivity index (χ0v) is 12.6. The van der Waals surface area contributed by atoms with Crippen LogP contribution in [-0.4, -0.2) is 0 Å². The van der Waals surface area contributed by atoms with E-state index >= 15 is 0 Å². The fraction of sp³-hybridized carbons (Fsp3) is 0.143. The van der Waals surface area contributed by atoms with Gasteiger partial charge in [0.05, 0.1) is 5.38 Å². The maximum atomic E-state index is 6.48. The van der Waals surface area contributed by atoms with E-state index in [0.29, 0.717) is 15.1 Å². The van der Waals surface area contributed by atoms with Crippen molar-refractivity contribution < 1.29 is 0 Å². The van der Waals surface area contributed by atoms with Crippen molar-refractivity contribution in [2.75, 3.05) is 0 Å². The molecule has 18 heavy (non-hydrogen) atoms. The summed E-state index contributed by atoms with van der Waals surface area (Å²) in [6.07, 6.45) is 0. The Bertz CT molecular complexity index is 527. The van der Waals surface area contributed by atoms with Gasteiger partial charge in [-0.25, -0.2) is 0 Å². The van der Waals surface area contributed by atoms with Gasteiger partial charge in [-0.3, -0.25) is 0 Å². The first-order valence-corrected chi connectivity index (χ1v) is 6.91. The van der Waals surface area contributed by atoms with Crippen molar-refractivity contribution >= 4 is 46.4 Å². The van der Waals surface area contributed by atoms with Gasteiger partial charge in [0.15, 0.2) is 0 Å². The topological polar surface area (TPSA) is 0 Å². The molecule has 0 aliphatic heterocycles. The van der Waals surface area contributed by atoms with E-state index in [1.165, 1.54) is 0 Å². The first-order valence-electron chi connectivity index (χ1n) is 5.34. The zero-order chi connectivity index (χ0) is 13.3. The van der Waals surface area contributed by atoms with Crippen LogP contribution in [0.5, 0.6) is 0 Å². The summed E-state index contributed by atoms with van der Waals surface area (Å²) in [6, 6.07) is 10.9. The lowest BCUT2D eigenvalue weighted by atomic mass is 10.00. The highest BCUT2D eigenvalue weighted by molar-refractivity contribution is 6.36. The average molecular weight is 320 g/mol. The third kappa shape index (κ3) is 2.95. The van der Waals surface area contributed by atoms with Crippen molar-refractivity contribution in [2.45, 2.75) is 12.3 Å². The van der Waals surface area contributed by atoms with E-state index < -0.39 is 0 Å². The molecule has 2 aromatic carbocycles. The summed E-state index contributed by atoms with van der Waals surface area (Å²) in [7, 11) is 0. The van der Waals surface area contributed by atoms with Gasteiger partial charge in [0.2, 0.25) is 0 Å². The van der Waals surface area contributed by atoms with Crippen molar-refractivity contribution in [3.8, 4) is 0 Å². The predicted molar refractivity (Wildman–Crippen MR) is 80.3 cm³/mol. The standard InChI is InChI=1S/C14H10Cl4/c1-8-6-9(15)2-4-11(8)14(18)12-5-3-10(16)7-13(12)17/h2-7,14H,1H3. The van der Waals surface area contributed by atoms with Crippen LogP contribution in [0.4, 0.5) is 0 Å². The maximum Gasteiger partial charge on any atom is 0.0852 e. The summed E-state index contributed by atoms with van der Waals surface area (Å²) in [5.41, 5.74) is 2.87. The molecular weight excluding hydrogens is 310 g/mol.